The van der Waals surface area contributed by atoms with Gasteiger partial charge in [0.15, 0.2) is 0 Å². The van der Waals surface area contributed by atoms with Crippen molar-refractivity contribution in [2.45, 2.75) is 36.9 Å². The van der Waals surface area contributed by atoms with Crippen molar-refractivity contribution in [2.24, 2.45) is 11.8 Å². The van der Waals surface area contributed by atoms with Crippen LogP contribution >= 0.6 is 0 Å². The molecule has 3 aromatic carbocycles. The smallest absolute Gasteiger partial charge is 0.416 e. The minimum Gasteiger partial charge on any atom is -0.744 e. The summed E-state index contributed by atoms with van der Waals surface area (Å²) >= 11 is 0. The highest BCUT2D eigenvalue weighted by atomic mass is 32.2. The number of alkyl halides is 3. The summed E-state index contributed by atoms with van der Waals surface area (Å²) in [5.74, 6) is 0.955. The molecule has 1 N–H and O–H groups in total. The number of hydrogen-bond acceptors (Lipinski definition) is 7. The molecule has 1 aliphatic carbocycles. The lowest BCUT2D eigenvalue weighted by molar-refractivity contribution is -0.881. The first-order valence-corrected chi connectivity index (χ1v) is 18.1. The van der Waals surface area contributed by atoms with Crippen LogP contribution in [0.2, 0.25) is 0 Å². The molecule has 3 heterocycles. The van der Waals surface area contributed by atoms with Crippen LogP contribution in [0.1, 0.15) is 29.7 Å². The van der Waals surface area contributed by atoms with E-state index in [-0.39, 0.29) is 28.0 Å². The lowest BCUT2D eigenvalue weighted by atomic mass is 10.0. The number of carbonyl (C=O) groups is 1. The number of nitrogens with zero attached hydrogens (tertiary/aromatic N) is 6. The van der Waals surface area contributed by atoms with Gasteiger partial charge >= 0.3 is 17.9 Å². The first-order chi connectivity index (χ1) is 25.0. The van der Waals surface area contributed by atoms with Crippen LogP contribution in [0.15, 0.2) is 101 Å². The predicted octanol–water partition coefficient (Wildman–Crippen LogP) is 5.32. The Morgan fingerprint density at radius 2 is 1.60 bits per heavy atom. The SMILES string of the molecule is Cc1c(-c2ccnn2-c2ccc(C#N)cc2)n(C(=O)N[C@@H]2C[C@@H]3C[N+](C)(C)C[C@@H]3C2)c(=O)n1-c1cccc(C(F)(F)F)c1.O=S(=O)([O-])c1ccccc1. The van der Waals surface area contributed by atoms with Gasteiger partial charge in [0.05, 0.1) is 78.2 Å². The highest BCUT2D eigenvalue weighted by molar-refractivity contribution is 7.85. The van der Waals surface area contributed by atoms with Gasteiger partial charge in [0, 0.05) is 17.9 Å². The number of quaternary nitrogens is 1. The Labute approximate surface area is 303 Å². The van der Waals surface area contributed by atoms with Crippen LogP contribution in [0.4, 0.5) is 18.0 Å². The van der Waals surface area contributed by atoms with E-state index in [0.29, 0.717) is 28.8 Å². The molecule has 0 unspecified atom stereocenters. The average molecular weight is 748 g/mol. The molecule has 16 heteroatoms. The van der Waals surface area contributed by atoms with Crippen molar-refractivity contribution < 1.29 is 35.4 Å². The summed E-state index contributed by atoms with van der Waals surface area (Å²) in [6, 6.07) is 21.2. The second-order valence-corrected chi connectivity index (χ2v) is 15.3. The van der Waals surface area contributed by atoms with Crippen LogP contribution in [0, 0.1) is 30.1 Å². The highest BCUT2D eigenvalue weighted by Gasteiger charge is 2.47. The number of fused-ring (bicyclic) bond motifs is 1. The molecule has 2 fully saturated rings. The molecular formula is C37H36F3N7O5S. The lowest BCUT2D eigenvalue weighted by Gasteiger charge is -2.25. The summed E-state index contributed by atoms with van der Waals surface area (Å²) in [5, 5.41) is 16.7. The third-order valence-electron chi connectivity index (χ3n) is 9.70. The molecule has 0 spiro atoms. The zero-order valence-electron chi connectivity index (χ0n) is 29.0. The molecule has 1 aliphatic heterocycles. The fraction of sp³-hybridized carbons (Fsp3) is 0.297. The number of benzene rings is 3. The topological polar surface area (TPSA) is 155 Å². The van der Waals surface area contributed by atoms with Crippen molar-refractivity contribution >= 4 is 16.1 Å². The van der Waals surface area contributed by atoms with E-state index in [2.05, 4.69) is 30.6 Å². The van der Waals surface area contributed by atoms with E-state index in [1.165, 1.54) is 47.3 Å². The van der Waals surface area contributed by atoms with E-state index in [1.807, 2.05) is 0 Å². The Morgan fingerprint density at radius 1 is 0.962 bits per heavy atom. The second kappa shape index (κ2) is 14.1. The van der Waals surface area contributed by atoms with Gasteiger partial charge in [-0.15, -0.1) is 0 Å². The van der Waals surface area contributed by atoms with Crippen LogP contribution in [0.5, 0.6) is 0 Å². The van der Waals surface area contributed by atoms with Crippen molar-refractivity contribution in [2.75, 3.05) is 27.2 Å². The van der Waals surface area contributed by atoms with Crippen molar-refractivity contribution in [3.63, 3.8) is 0 Å². The number of aromatic nitrogens is 4. The third kappa shape index (κ3) is 7.82. The van der Waals surface area contributed by atoms with Crippen molar-refractivity contribution in [3.05, 3.63) is 118 Å². The molecule has 5 aromatic rings. The zero-order valence-corrected chi connectivity index (χ0v) is 29.8. The second-order valence-electron chi connectivity index (χ2n) is 13.9. The fourth-order valence-corrected chi connectivity index (χ4v) is 8.02. The maximum absolute atomic E-state index is 14.0. The average Bonchev–Trinajstić information content (AvgIpc) is 3.85. The summed E-state index contributed by atoms with van der Waals surface area (Å²) in [6.45, 7) is 3.64. The number of rotatable bonds is 5. The van der Waals surface area contributed by atoms with Gasteiger partial charge in [0.1, 0.15) is 15.8 Å². The van der Waals surface area contributed by atoms with Crippen molar-refractivity contribution in [1.82, 2.24) is 24.2 Å². The number of amides is 1. The summed E-state index contributed by atoms with van der Waals surface area (Å²) in [4.78, 5) is 27.8. The molecule has 12 nitrogen and oxygen atoms in total. The summed E-state index contributed by atoms with van der Waals surface area (Å²) in [6.07, 6.45) is -1.49. The Hall–Kier alpha value is -5.50. The zero-order chi connectivity index (χ0) is 38.3. The quantitative estimate of drug-likeness (QED) is 0.189. The molecule has 1 saturated heterocycles. The Balaban J connectivity index is 0.000000417. The largest absolute Gasteiger partial charge is 0.744 e. The van der Waals surface area contributed by atoms with Crippen LogP contribution in [-0.2, 0) is 16.3 Å². The van der Waals surface area contributed by atoms with E-state index < -0.39 is 33.6 Å². The third-order valence-corrected chi connectivity index (χ3v) is 10.6. The maximum atomic E-state index is 14.0. The number of imidazole rings is 1. The van der Waals surface area contributed by atoms with E-state index in [0.717, 1.165) is 51.7 Å². The number of nitrogens with one attached hydrogen (secondary N) is 1. The first kappa shape index (κ1) is 37.3. The van der Waals surface area contributed by atoms with E-state index in [9.17, 15) is 41.0 Å². The number of hydrogen-bond donors (Lipinski definition) is 1. The minimum atomic E-state index is -4.61. The molecular weight excluding hydrogens is 712 g/mol. The summed E-state index contributed by atoms with van der Waals surface area (Å²) in [5.41, 5.74) is 0.199. The normalized spacial score (nSPS) is 19.2. The van der Waals surface area contributed by atoms with Crippen LogP contribution in [0.25, 0.3) is 22.8 Å². The number of carbonyl (C=O) groups excluding carboxylic acids is 1. The first-order valence-electron chi connectivity index (χ1n) is 16.7. The van der Waals surface area contributed by atoms with Gasteiger partial charge in [0.25, 0.3) is 0 Å². The predicted molar refractivity (Wildman–Crippen MR) is 187 cm³/mol. The molecule has 2 aliphatic rings. The standard InChI is InChI=1S/C31H30F3N7O2.C6H6O3S/c1-19-28(27-11-12-36-40(27)25-9-7-20(16-35)8-10-25)39(29(42)37-24-13-21-17-41(2,3)18-22(21)14-24)30(43)38(19)26-6-4-5-23(15-26)31(32,33)34;7-10(8,9)6-4-2-1-3-5-6/h4-12,15,21-22,24H,13-14,17-18H2,1-3H3;1-5H,(H,7,8,9)/t21-,22+,24-;. The maximum Gasteiger partial charge on any atom is 0.416 e. The van der Waals surface area contributed by atoms with Crippen molar-refractivity contribution in [1.29, 1.82) is 5.26 Å². The number of nitriles is 1. The molecule has 276 valence electrons. The van der Waals surface area contributed by atoms with Crippen LogP contribution in [-0.4, -0.2) is 75.6 Å². The molecule has 2 aromatic heterocycles. The minimum absolute atomic E-state index is 0.00929. The molecule has 53 heavy (non-hydrogen) atoms. The molecule has 0 radical (unpaired) electrons. The molecule has 3 atom stereocenters. The lowest BCUT2D eigenvalue weighted by Crippen LogP contribution is -2.43. The van der Waals surface area contributed by atoms with Gasteiger partial charge in [0.2, 0.25) is 0 Å². The van der Waals surface area contributed by atoms with Gasteiger partial charge in [-0.3, -0.25) is 4.57 Å². The van der Waals surface area contributed by atoms with Crippen LogP contribution < -0.4 is 11.0 Å². The molecule has 1 amide bonds. The van der Waals surface area contributed by atoms with E-state index in [1.54, 1.807) is 43.3 Å². The van der Waals surface area contributed by atoms with Crippen molar-refractivity contribution in [3.8, 4) is 28.8 Å². The summed E-state index contributed by atoms with van der Waals surface area (Å²) < 4.78 is 76.2. The highest BCUT2D eigenvalue weighted by Crippen LogP contribution is 2.40. The van der Waals surface area contributed by atoms with Gasteiger partial charge in [-0.25, -0.2) is 27.3 Å². The molecule has 7 rings (SSSR count). The van der Waals surface area contributed by atoms with Crippen LogP contribution in [0.3, 0.4) is 0 Å². The van der Waals surface area contributed by atoms with E-state index >= 15 is 0 Å². The Morgan fingerprint density at radius 3 is 2.17 bits per heavy atom. The fourth-order valence-electron chi connectivity index (χ4n) is 7.53. The number of likely N-dealkylation sites (tertiary alicyclic amines) is 1. The van der Waals surface area contributed by atoms with E-state index in [4.69, 9.17) is 0 Å². The number of halogens is 3. The molecule has 1 saturated carbocycles. The van der Waals surface area contributed by atoms with Gasteiger partial charge in [-0.2, -0.15) is 23.5 Å². The van der Waals surface area contributed by atoms with Gasteiger partial charge in [-0.05, 0) is 80.4 Å². The van der Waals surface area contributed by atoms with Gasteiger partial charge < -0.3 is 14.4 Å². The molecule has 0 bridgehead atoms. The summed E-state index contributed by atoms with van der Waals surface area (Å²) in [7, 11) is 0.152. The monoisotopic (exact) mass is 747 g/mol. The van der Waals surface area contributed by atoms with Gasteiger partial charge in [-0.1, -0.05) is 24.3 Å². The Kier molecular flexibility index (Phi) is 9.94. The Bertz CT molecular complexity index is 2340.